The molecule has 0 unspecified atom stereocenters. The van der Waals surface area contributed by atoms with E-state index in [1.54, 1.807) is 12.1 Å². The molecule has 2 rings (SSSR count). The monoisotopic (exact) mass is 269 g/mol. The van der Waals surface area contributed by atoms with Crippen LogP contribution in [0.25, 0.3) is 0 Å². The SMILES string of the molecule is COc1cccc(S(=O)(=O)NC(=O)[C@@H]2C[C@H]2C)c1. The molecule has 0 aliphatic heterocycles. The van der Waals surface area contributed by atoms with Gasteiger partial charge in [-0.2, -0.15) is 0 Å². The molecule has 1 aromatic rings. The van der Waals surface area contributed by atoms with E-state index in [4.69, 9.17) is 4.74 Å². The van der Waals surface area contributed by atoms with E-state index in [9.17, 15) is 13.2 Å². The van der Waals surface area contributed by atoms with Crippen molar-refractivity contribution >= 4 is 15.9 Å². The Morgan fingerprint density at radius 3 is 2.67 bits per heavy atom. The van der Waals surface area contributed by atoms with E-state index in [1.165, 1.54) is 19.2 Å². The van der Waals surface area contributed by atoms with Gasteiger partial charge in [0.05, 0.1) is 12.0 Å². The van der Waals surface area contributed by atoms with Crippen LogP contribution in [0.2, 0.25) is 0 Å². The van der Waals surface area contributed by atoms with Gasteiger partial charge in [-0.05, 0) is 24.5 Å². The highest BCUT2D eigenvalue weighted by Gasteiger charge is 2.40. The second kappa shape index (κ2) is 4.61. The molecule has 2 atom stereocenters. The molecule has 1 aliphatic carbocycles. The molecule has 0 heterocycles. The fourth-order valence-electron chi connectivity index (χ4n) is 1.72. The van der Waals surface area contributed by atoms with Gasteiger partial charge in [-0.3, -0.25) is 4.79 Å². The summed E-state index contributed by atoms with van der Waals surface area (Å²) in [6.07, 6.45) is 0.749. The molecule has 18 heavy (non-hydrogen) atoms. The third-order valence-electron chi connectivity index (χ3n) is 3.03. The number of carbonyl (C=O) groups is 1. The molecule has 1 saturated carbocycles. The Bertz CT molecular complexity index is 567. The molecule has 0 aromatic heterocycles. The van der Waals surface area contributed by atoms with E-state index in [0.29, 0.717) is 5.75 Å². The third-order valence-corrected chi connectivity index (χ3v) is 4.38. The Kier molecular flexibility index (Phi) is 3.30. The zero-order chi connectivity index (χ0) is 13.3. The Morgan fingerprint density at radius 2 is 2.11 bits per heavy atom. The Hall–Kier alpha value is -1.56. The predicted octanol–water partition coefficient (Wildman–Crippen LogP) is 1.16. The first-order chi connectivity index (χ1) is 8.44. The third kappa shape index (κ3) is 2.64. The van der Waals surface area contributed by atoms with Crippen molar-refractivity contribution in [2.45, 2.75) is 18.2 Å². The van der Waals surface area contributed by atoms with Crippen molar-refractivity contribution in [2.75, 3.05) is 7.11 Å². The van der Waals surface area contributed by atoms with Crippen LogP contribution in [0, 0.1) is 11.8 Å². The van der Waals surface area contributed by atoms with Crippen molar-refractivity contribution in [3.63, 3.8) is 0 Å². The molecule has 1 aliphatic rings. The number of ether oxygens (including phenoxy) is 1. The van der Waals surface area contributed by atoms with Crippen molar-refractivity contribution in [2.24, 2.45) is 11.8 Å². The van der Waals surface area contributed by atoms with Crippen LogP contribution in [-0.2, 0) is 14.8 Å². The summed E-state index contributed by atoms with van der Waals surface area (Å²) in [6.45, 7) is 1.92. The van der Waals surface area contributed by atoms with Crippen LogP contribution in [0.15, 0.2) is 29.2 Å². The molecule has 0 radical (unpaired) electrons. The molecular formula is C12H15NO4S. The molecule has 98 valence electrons. The maximum absolute atomic E-state index is 12.0. The molecule has 6 heteroatoms. The zero-order valence-electron chi connectivity index (χ0n) is 10.2. The lowest BCUT2D eigenvalue weighted by Crippen LogP contribution is -2.32. The van der Waals surface area contributed by atoms with Gasteiger partial charge in [-0.1, -0.05) is 13.0 Å². The molecule has 1 aromatic carbocycles. The molecule has 5 nitrogen and oxygen atoms in total. The van der Waals surface area contributed by atoms with Gasteiger partial charge in [0.2, 0.25) is 5.91 Å². The number of carbonyl (C=O) groups excluding carboxylic acids is 1. The number of hydrogen-bond donors (Lipinski definition) is 1. The predicted molar refractivity (Wildman–Crippen MR) is 65.6 cm³/mol. The minimum atomic E-state index is -3.80. The smallest absolute Gasteiger partial charge is 0.264 e. The number of sulfonamides is 1. The van der Waals surface area contributed by atoms with Gasteiger partial charge < -0.3 is 4.74 Å². The first-order valence-electron chi connectivity index (χ1n) is 5.65. The first kappa shape index (κ1) is 12.9. The highest BCUT2D eigenvalue weighted by atomic mass is 32.2. The van der Waals surface area contributed by atoms with Gasteiger partial charge in [0.1, 0.15) is 5.75 Å². The van der Waals surface area contributed by atoms with Gasteiger partial charge in [-0.25, -0.2) is 13.1 Å². The highest BCUT2D eigenvalue weighted by Crippen LogP contribution is 2.37. The molecule has 0 spiro atoms. The van der Waals surface area contributed by atoms with Crippen LogP contribution in [-0.4, -0.2) is 21.4 Å². The van der Waals surface area contributed by atoms with E-state index < -0.39 is 15.9 Å². The number of methoxy groups -OCH3 is 1. The second-order valence-corrected chi connectivity index (χ2v) is 6.15. The molecular weight excluding hydrogens is 254 g/mol. The maximum atomic E-state index is 12.0. The number of benzene rings is 1. The van der Waals surface area contributed by atoms with E-state index in [1.807, 2.05) is 6.92 Å². The van der Waals surface area contributed by atoms with Crippen molar-refractivity contribution in [3.05, 3.63) is 24.3 Å². The van der Waals surface area contributed by atoms with E-state index in [0.717, 1.165) is 6.42 Å². The second-order valence-electron chi connectivity index (χ2n) is 4.47. The lowest BCUT2D eigenvalue weighted by Gasteiger charge is -2.07. The fraction of sp³-hybridized carbons (Fsp3) is 0.417. The summed E-state index contributed by atoms with van der Waals surface area (Å²) in [5.74, 6) is 0.103. The van der Waals surface area contributed by atoms with Gasteiger partial charge in [0, 0.05) is 12.0 Å². The molecule has 0 saturated heterocycles. The summed E-state index contributed by atoms with van der Waals surface area (Å²) in [6, 6.07) is 6.02. The average molecular weight is 269 g/mol. The van der Waals surface area contributed by atoms with Crippen molar-refractivity contribution in [1.29, 1.82) is 0 Å². The van der Waals surface area contributed by atoms with Gasteiger partial charge in [0.25, 0.3) is 10.0 Å². The van der Waals surface area contributed by atoms with Gasteiger partial charge >= 0.3 is 0 Å². The van der Waals surface area contributed by atoms with E-state index in [2.05, 4.69) is 4.72 Å². The molecule has 1 N–H and O–H groups in total. The number of nitrogens with one attached hydrogen (secondary N) is 1. The van der Waals surface area contributed by atoms with Gasteiger partial charge in [0.15, 0.2) is 0 Å². The normalized spacial score (nSPS) is 22.3. The lowest BCUT2D eigenvalue weighted by molar-refractivity contribution is -0.120. The van der Waals surface area contributed by atoms with Crippen molar-refractivity contribution in [1.82, 2.24) is 4.72 Å². The van der Waals surface area contributed by atoms with Crippen LogP contribution in [0.3, 0.4) is 0 Å². The van der Waals surface area contributed by atoms with Crippen molar-refractivity contribution < 1.29 is 17.9 Å². The summed E-state index contributed by atoms with van der Waals surface area (Å²) in [5, 5.41) is 0. The Labute approximate surface area is 106 Å². The van der Waals surface area contributed by atoms with E-state index >= 15 is 0 Å². The quantitative estimate of drug-likeness (QED) is 0.890. The summed E-state index contributed by atoms with van der Waals surface area (Å²) < 4.78 is 31.0. The minimum Gasteiger partial charge on any atom is -0.497 e. The van der Waals surface area contributed by atoms with Crippen LogP contribution >= 0.6 is 0 Å². The fourth-order valence-corrected chi connectivity index (χ4v) is 2.79. The standard InChI is InChI=1S/C12H15NO4S/c1-8-6-11(8)12(14)13-18(15,16)10-5-3-4-9(7-10)17-2/h3-5,7-8,11H,6H2,1-2H3,(H,13,14)/t8-,11-/m1/s1. The molecule has 1 fully saturated rings. The van der Waals surface area contributed by atoms with Gasteiger partial charge in [-0.15, -0.1) is 0 Å². The number of rotatable bonds is 4. The van der Waals surface area contributed by atoms with E-state index in [-0.39, 0.29) is 16.7 Å². The molecule has 0 bridgehead atoms. The number of amides is 1. The molecule has 1 amide bonds. The topological polar surface area (TPSA) is 72.5 Å². The van der Waals surface area contributed by atoms with Crippen LogP contribution in [0.5, 0.6) is 5.75 Å². The largest absolute Gasteiger partial charge is 0.497 e. The highest BCUT2D eigenvalue weighted by molar-refractivity contribution is 7.90. The summed E-state index contributed by atoms with van der Waals surface area (Å²) >= 11 is 0. The van der Waals surface area contributed by atoms with Crippen LogP contribution in [0.4, 0.5) is 0 Å². The van der Waals surface area contributed by atoms with Crippen LogP contribution in [0.1, 0.15) is 13.3 Å². The minimum absolute atomic E-state index is 0.0310. The lowest BCUT2D eigenvalue weighted by atomic mass is 10.3. The number of hydrogen-bond acceptors (Lipinski definition) is 4. The summed E-state index contributed by atoms with van der Waals surface area (Å²) in [7, 11) is -2.35. The first-order valence-corrected chi connectivity index (χ1v) is 7.13. The summed E-state index contributed by atoms with van der Waals surface area (Å²) in [5.41, 5.74) is 0. The van der Waals surface area contributed by atoms with Crippen molar-refractivity contribution in [3.8, 4) is 5.75 Å². The Balaban J connectivity index is 2.17. The van der Waals surface area contributed by atoms with Crippen LogP contribution < -0.4 is 9.46 Å². The maximum Gasteiger partial charge on any atom is 0.264 e. The average Bonchev–Trinajstić information content (AvgIpc) is 3.06. The Morgan fingerprint density at radius 1 is 1.44 bits per heavy atom. The zero-order valence-corrected chi connectivity index (χ0v) is 11.0. The summed E-state index contributed by atoms with van der Waals surface area (Å²) in [4.78, 5) is 11.7.